The summed E-state index contributed by atoms with van der Waals surface area (Å²) >= 11 is 4.85. The minimum absolute atomic E-state index is 0.564. The summed E-state index contributed by atoms with van der Waals surface area (Å²) in [6.07, 6.45) is 0. The molecule has 7 heteroatoms. The Labute approximate surface area is 140 Å². The van der Waals surface area contributed by atoms with Crippen LogP contribution in [-0.4, -0.2) is 17.5 Å². The fourth-order valence-corrected chi connectivity index (χ4v) is 2.90. The van der Waals surface area contributed by atoms with Crippen LogP contribution in [-0.2, 0) is 9.59 Å². The second-order valence-electron chi connectivity index (χ2n) is 4.56. The van der Waals surface area contributed by atoms with E-state index in [1.807, 2.05) is 31.2 Å². The normalized spacial score (nSPS) is 11.1. The van der Waals surface area contributed by atoms with E-state index in [4.69, 9.17) is 0 Å². The van der Waals surface area contributed by atoms with Gasteiger partial charge in [0, 0.05) is 5.69 Å². The lowest BCUT2D eigenvalue weighted by molar-refractivity contribution is -0.136. The van der Waals surface area contributed by atoms with Crippen molar-refractivity contribution in [1.82, 2.24) is 5.43 Å². The van der Waals surface area contributed by atoms with Crippen LogP contribution in [0.3, 0.4) is 0 Å². The maximum absolute atomic E-state index is 11.8. The number of hydrazone groups is 1. The number of hydrogen-bond acceptors (Lipinski definition) is 4. The predicted octanol–water partition coefficient (Wildman–Crippen LogP) is 3.30. The molecule has 0 radical (unpaired) electrons. The summed E-state index contributed by atoms with van der Waals surface area (Å²) in [5.74, 6) is -1.57. The number of carbonyl (C=O) groups is 2. The number of rotatable bonds is 3. The summed E-state index contributed by atoms with van der Waals surface area (Å²) in [4.78, 5) is 24.4. The SMILES string of the molecule is C/C(=N/NC(=O)C(=O)Nc1ccc(C)cc1)c1ccc(Br)s1. The summed E-state index contributed by atoms with van der Waals surface area (Å²) in [7, 11) is 0. The van der Waals surface area contributed by atoms with Gasteiger partial charge in [-0.2, -0.15) is 5.10 Å². The molecule has 0 fully saturated rings. The van der Waals surface area contributed by atoms with Crippen LogP contribution in [0.15, 0.2) is 45.3 Å². The minimum atomic E-state index is -0.810. The Hall–Kier alpha value is -1.99. The molecule has 2 aromatic rings. The standard InChI is InChI=1S/C15H14BrN3O2S/c1-9-3-5-11(6-4-9)17-14(20)15(21)19-18-10(2)12-7-8-13(16)22-12/h3-8H,1-2H3,(H,17,20)(H,19,21)/b18-10-. The number of hydrogen-bond donors (Lipinski definition) is 2. The van der Waals surface area contributed by atoms with Crippen molar-refractivity contribution in [3.63, 3.8) is 0 Å². The van der Waals surface area contributed by atoms with Gasteiger partial charge in [-0.05, 0) is 54.0 Å². The van der Waals surface area contributed by atoms with Crippen molar-refractivity contribution in [1.29, 1.82) is 0 Å². The van der Waals surface area contributed by atoms with Crippen molar-refractivity contribution in [3.8, 4) is 0 Å². The van der Waals surface area contributed by atoms with Gasteiger partial charge in [-0.15, -0.1) is 11.3 Å². The van der Waals surface area contributed by atoms with Gasteiger partial charge >= 0.3 is 11.8 Å². The Morgan fingerprint density at radius 3 is 2.36 bits per heavy atom. The van der Waals surface area contributed by atoms with Gasteiger partial charge in [-0.3, -0.25) is 9.59 Å². The van der Waals surface area contributed by atoms with Crippen LogP contribution in [0.4, 0.5) is 5.69 Å². The van der Waals surface area contributed by atoms with Gasteiger partial charge in [-0.25, -0.2) is 5.43 Å². The predicted molar refractivity (Wildman–Crippen MR) is 92.2 cm³/mol. The van der Waals surface area contributed by atoms with E-state index in [-0.39, 0.29) is 0 Å². The topological polar surface area (TPSA) is 70.6 Å². The molecule has 0 atom stereocenters. The maximum atomic E-state index is 11.8. The molecule has 0 aliphatic heterocycles. The Kier molecular flexibility index (Phi) is 5.46. The molecule has 1 heterocycles. The van der Waals surface area contributed by atoms with Crippen molar-refractivity contribution in [2.45, 2.75) is 13.8 Å². The first-order valence-corrected chi connectivity index (χ1v) is 8.04. The molecule has 0 unspecified atom stereocenters. The molecule has 22 heavy (non-hydrogen) atoms. The highest BCUT2D eigenvalue weighted by Crippen LogP contribution is 2.22. The highest BCUT2D eigenvalue weighted by atomic mass is 79.9. The van der Waals surface area contributed by atoms with Crippen molar-refractivity contribution in [2.24, 2.45) is 5.10 Å². The second-order valence-corrected chi connectivity index (χ2v) is 7.03. The first-order chi connectivity index (χ1) is 10.5. The molecule has 0 bridgehead atoms. The molecule has 2 amide bonds. The lowest BCUT2D eigenvalue weighted by Crippen LogP contribution is -2.32. The van der Waals surface area contributed by atoms with Gasteiger partial charge in [0.25, 0.3) is 0 Å². The largest absolute Gasteiger partial charge is 0.329 e. The molecule has 1 aromatic heterocycles. The van der Waals surface area contributed by atoms with Gasteiger partial charge in [0.05, 0.1) is 14.4 Å². The average Bonchev–Trinajstić information content (AvgIpc) is 2.93. The van der Waals surface area contributed by atoms with Crippen LogP contribution in [0.2, 0.25) is 0 Å². The summed E-state index contributed by atoms with van der Waals surface area (Å²) in [6.45, 7) is 3.70. The maximum Gasteiger partial charge on any atom is 0.329 e. The van der Waals surface area contributed by atoms with E-state index in [2.05, 4.69) is 31.8 Å². The molecule has 0 saturated carbocycles. The minimum Gasteiger partial charge on any atom is -0.318 e. The molecule has 2 N–H and O–H groups in total. The number of thiophene rings is 1. The van der Waals surface area contributed by atoms with E-state index in [0.29, 0.717) is 11.4 Å². The van der Waals surface area contributed by atoms with E-state index in [0.717, 1.165) is 14.2 Å². The van der Waals surface area contributed by atoms with Crippen LogP contribution in [0.25, 0.3) is 0 Å². The van der Waals surface area contributed by atoms with Gasteiger partial charge < -0.3 is 5.32 Å². The average molecular weight is 380 g/mol. The Morgan fingerprint density at radius 1 is 1.09 bits per heavy atom. The molecular formula is C15H14BrN3O2S. The number of carbonyl (C=O) groups excluding carboxylic acids is 2. The Morgan fingerprint density at radius 2 is 1.77 bits per heavy atom. The van der Waals surface area contributed by atoms with Crippen LogP contribution in [0.5, 0.6) is 0 Å². The zero-order chi connectivity index (χ0) is 16.1. The summed E-state index contributed by atoms with van der Waals surface area (Å²) in [5, 5.41) is 6.44. The number of nitrogens with zero attached hydrogens (tertiary/aromatic N) is 1. The highest BCUT2D eigenvalue weighted by Gasteiger charge is 2.13. The third-order valence-electron chi connectivity index (χ3n) is 2.77. The third kappa shape index (κ3) is 4.51. The lowest BCUT2D eigenvalue weighted by Gasteiger charge is -2.04. The molecule has 1 aromatic carbocycles. The number of nitrogens with one attached hydrogen (secondary N) is 2. The quantitative estimate of drug-likeness (QED) is 0.487. The first-order valence-electron chi connectivity index (χ1n) is 6.43. The zero-order valence-electron chi connectivity index (χ0n) is 12.0. The summed E-state index contributed by atoms with van der Waals surface area (Å²) in [5.41, 5.74) is 4.52. The van der Waals surface area contributed by atoms with E-state index in [1.165, 1.54) is 11.3 Å². The zero-order valence-corrected chi connectivity index (χ0v) is 14.4. The molecule has 0 saturated heterocycles. The molecule has 5 nitrogen and oxygen atoms in total. The van der Waals surface area contributed by atoms with E-state index in [1.54, 1.807) is 19.1 Å². The molecule has 0 aliphatic rings. The summed E-state index contributed by atoms with van der Waals surface area (Å²) < 4.78 is 0.973. The molecule has 114 valence electrons. The molecule has 0 spiro atoms. The van der Waals surface area contributed by atoms with Crippen LogP contribution < -0.4 is 10.7 Å². The van der Waals surface area contributed by atoms with Crippen LogP contribution in [0, 0.1) is 6.92 Å². The molecular weight excluding hydrogens is 366 g/mol. The van der Waals surface area contributed by atoms with Crippen molar-refractivity contribution in [3.05, 3.63) is 50.6 Å². The Balaban J connectivity index is 1.94. The lowest BCUT2D eigenvalue weighted by atomic mass is 10.2. The smallest absolute Gasteiger partial charge is 0.318 e. The fourth-order valence-electron chi connectivity index (χ4n) is 1.57. The van der Waals surface area contributed by atoms with Gasteiger partial charge in [0.1, 0.15) is 0 Å². The van der Waals surface area contributed by atoms with Crippen LogP contribution in [0.1, 0.15) is 17.4 Å². The highest BCUT2D eigenvalue weighted by molar-refractivity contribution is 9.11. The van der Waals surface area contributed by atoms with E-state index >= 15 is 0 Å². The molecule has 2 rings (SSSR count). The van der Waals surface area contributed by atoms with E-state index < -0.39 is 11.8 Å². The fraction of sp³-hybridized carbons (Fsp3) is 0.133. The molecule has 0 aliphatic carbocycles. The number of anilines is 1. The number of benzene rings is 1. The van der Waals surface area contributed by atoms with Crippen molar-refractivity contribution < 1.29 is 9.59 Å². The van der Waals surface area contributed by atoms with Gasteiger partial charge in [-0.1, -0.05) is 17.7 Å². The first kappa shape index (κ1) is 16.4. The number of amides is 2. The van der Waals surface area contributed by atoms with Gasteiger partial charge in [0.15, 0.2) is 0 Å². The van der Waals surface area contributed by atoms with Crippen molar-refractivity contribution in [2.75, 3.05) is 5.32 Å². The van der Waals surface area contributed by atoms with Crippen molar-refractivity contribution >= 4 is 50.5 Å². The van der Waals surface area contributed by atoms with Crippen LogP contribution >= 0.6 is 27.3 Å². The third-order valence-corrected chi connectivity index (χ3v) is 4.50. The summed E-state index contributed by atoms with van der Waals surface area (Å²) in [6, 6.07) is 10.9. The second kappa shape index (κ2) is 7.33. The van der Waals surface area contributed by atoms with Gasteiger partial charge in [0.2, 0.25) is 0 Å². The number of aryl methyl sites for hydroxylation is 1. The number of halogens is 1. The van der Waals surface area contributed by atoms with E-state index in [9.17, 15) is 9.59 Å². The Bertz CT molecular complexity index is 723. The monoisotopic (exact) mass is 379 g/mol.